The van der Waals surface area contributed by atoms with E-state index in [1.807, 2.05) is 16.9 Å². The number of hydrogen-bond acceptors (Lipinski definition) is 2. The fourth-order valence-electron chi connectivity index (χ4n) is 1.87. The molecule has 0 aliphatic rings. The molecule has 0 amide bonds. The van der Waals surface area contributed by atoms with Gasteiger partial charge < -0.3 is 5.11 Å². The molecule has 0 bridgehead atoms. The summed E-state index contributed by atoms with van der Waals surface area (Å²) in [6.45, 7) is 7.73. The molecule has 17 heavy (non-hydrogen) atoms. The van der Waals surface area contributed by atoms with Crippen molar-refractivity contribution in [2.75, 3.05) is 0 Å². The Balaban J connectivity index is 2.78. The molecular formula is C13H22N2O2. The highest BCUT2D eigenvalue weighted by Crippen LogP contribution is 2.22. The summed E-state index contributed by atoms with van der Waals surface area (Å²) in [6.07, 6.45) is 4.50. The van der Waals surface area contributed by atoms with E-state index in [9.17, 15) is 4.79 Å². The van der Waals surface area contributed by atoms with Crippen LogP contribution >= 0.6 is 0 Å². The van der Waals surface area contributed by atoms with Gasteiger partial charge in [-0.05, 0) is 32.8 Å². The van der Waals surface area contributed by atoms with E-state index in [-0.39, 0.29) is 0 Å². The van der Waals surface area contributed by atoms with E-state index in [1.165, 1.54) is 0 Å². The third kappa shape index (κ3) is 3.32. The zero-order valence-electron chi connectivity index (χ0n) is 11.1. The second-order valence-electron chi connectivity index (χ2n) is 5.12. The molecule has 0 aliphatic heterocycles. The van der Waals surface area contributed by atoms with Crippen molar-refractivity contribution in [3.63, 3.8) is 0 Å². The third-order valence-corrected chi connectivity index (χ3v) is 3.18. The first-order valence-electron chi connectivity index (χ1n) is 6.18. The Morgan fingerprint density at radius 2 is 2.06 bits per heavy atom. The van der Waals surface area contributed by atoms with Crippen molar-refractivity contribution in [3.05, 3.63) is 18.0 Å². The highest BCUT2D eigenvalue weighted by Gasteiger charge is 2.28. The summed E-state index contributed by atoms with van der Waals surface area (Å²) in [7, 11) is 0. The van der Waals surface area contributed by atoms with Crippen LogP contribution in [0.5, 0.6) is 0 Å². The lowest BCUT2D eigenvalue weighted by Gasteiger charge is -2.17. The van der Waals surface area contributed by atoms with Crippen molar-refractivity contribution in [2.45, 2.75) is 53.0 Å². The summed E-state index contributed by atoms with van der Waals surface area (Å²) >= 11 is 0. The summed E-state index contributed by atoms with van der Waals surface area (Å²) in [5.41, 5.74) is 0.0944. The quantitative estimate of drug-likeness (QED) is 0.829. The minimum Gasteiger partial charge on any atom is -0.481 e. The van der Waals surface area contributed by atoms with Crippen molar-refractivity contribution >= 4 is 5.97 Å². The van der Waals surface area contributed by atoms with Crippen LogP contribution in [-0.4, -0.2) is 20.9 Å². The summed E-state index contributed by atoms with van der Waals surface area (Å²) < 4.78 is 1.95. The van der Waals surface area contributed by atoms with Crippen LogP contribution in [0.1, 0.15) is 52.3 Å². The number of carboxylic acids is 1. The fourth-order valence-corrected chi connectivity index (χ4v) is 1.87. The molecular weight excluding hydrogens is 216 g/mol. The van der Waals surface area contributed by atoms with E-state index in [0.717, 1.165) is 18.5 Å². The number of rotatable bonds is 6. The molecule has 0 aliphatic carbocycles. The van der Waals surface area contributed by atoms with Gasteiger partial charge in [-0.25, -0.2) is 0 Å². The van der Waals surface area contributed by atoms with Gasteiger partial charge in [-0.3, -0.25) is 9.48 Å². The number of carbonyl (C=O) groups is 1. The number of carboxylic acid groups (broad SMARTS) is 1. The van der Waals surface area contributed by atoms with Crippen molar-refractivity contribution in [3.8, 4) is 0 Å². The Morgan fingerprint density at radius 1 is 1.47 bits per heavy atom. The average molecular weight is 238 g/mol. The third-order valence-electron chi connectivity index (χ3n) is 3.18. The number of aromatic nitrogens is 2. The minimum absolute atomic E-state index is 0.414. The standard InChI is InChI=1S/C13H22N2O2/c1-5-11(6-2)15-8-7-10(14-15)9-13(3,4)12(16)17/h7-8,11H,5-6,9H2,1-4H3,(H,16,17). The predicted molar refractivity (Wildman–Crippen MR) is 67.0 cm³/mol. The van der Waals surface area contributed by atoms with Gasteiger partial charge in [-0.15, -0.1) is 0 Å². The van der Waals surface area contributed by atoms with Gasteiger partial charge in [0.1, 0.15) is 0 Å². The molecule has 0 radical (unpaired) electrons. The first-order valence-corrected chi connectivity index (χ1v) is 6.18. The van der Waals surface area contributed by atoms with Gasteiger partial charge in [-0.2, -0.15) is 5.10 Å². The Labute approximate surface area is 103 Å². The van der Waals surface area contributed by atoms with Crippen LogP contribution < -0.4 is 0 Å². The maximum atomic E-state index is 11.0. The Kier molecular flexibility index (Phi) is 4.32. The van der Waals surface area contributed by atoms with Crippen LogP contribution in [0, 0.1) is 5.41 Å². The lowest BCUT2D eigenvalue weighted by molar-refractivity contribution is -0.146. The summed E-state index contributed by atoms with van der Waals surface area (Å²) in [4.78, 5) is 11.0. The summed E-state index contributed by atoms with van der Waals surface area (Å²) in [6, 6.07) is 2.33. The van der Waals surface area contributed by atoms with Gasteiger partial charge in [0.25, 0.3) is 0 Å². The minimum atomic E-state index is -0.783. The van der Waals surface area contributed by atoms with Gasteiger partial charge in [-0.1, -0.05) is 13.8 Å². The van der Waals surface area contributed by atoms with Crippen LogP contribution in [-0.2, 0) is 11.2 Å². The van der Waals surface area contributed by atoms with Gasteiger partial charge in [0.2, 0.25) is 0 Å². The molecule has 1 rings (SSSR count). The van der Waals surface area contributed by atoms with E-state index in [2.05, 4.69) is 18.9 Å². The van der Waals surface area contributed by atoms with Crippen LogP contribution in [0.15, 0.2) is 12.3 Å². The van der Waals surface area contributed by atoms with Gasteiger partial charge in [0.05, 0.1) is 17.2 Å². The molecule has 1 N–H and O–H groups in total. The smallest absolute Gasteiger partial charge is 0.309 e. The van der Waals surface area contributed by atoms with Crippen LogP contribution in [0.2, 0.25) is 0 Å². The molecule has 0 fully saturated rings. The largest absolute Gasteiger partial charge is 0.481 e. The zero-order valence-corrected chi connectivity index (χ0v) is 11.1. The van der Waals surface area contributed by atoms with Crippen molar-refractivity contribution in [1.29, 1.82) is 0 Å². The number of nitrogens with zero attached hydrogens (tertiary/aromatic N) is 2. The Morgan fingerprint density at radius 3 is 2.53 bits per heavy atom. The molecule has 0 atom stereocenters. The number of hydrogen-bond donors (Lipinski definition) is 1. The number of aliphatic carboxylic acids is 1. The second-order valence-corrected chi connectivity index (χ2v) is 5.12. The van der Waals surface area contributed by atoms with Crippen LogP contribution in [0.25, 0.3) is 0 Å². The first kappa shape index (κ1) is 13.7. The first-order chi connectivity index (χ1) is 7.90. The van der Waals surface area contributed by atoms with Crippen molar-refractivity contribution in [1.82, 2.24) is 9.78 Å². The average Bonchev–Trinajstić information content (AvgIpc) is 2.67. The fraction of sp³-hybridized carbons (Fsp3) is 0.692. The Hall–Kier alpha value is -1.32. The van der Waals surface area contributed by atoms with E-state index >= 15 is 0 Å². The van der Waals surface area contributed by atoms with E-state index in [1.54, 1.807) is 13.8 Å². The maximum Gasteiger partial charge on any atom is 0.309 e. The highest BCUT2D eigenvalue weighted by atomic mass is 16.4. The van der Waals surface area contributed by atoms with Gasteiger partial charge in [0, 0.05) is 12.6 Å². The summed E-state index contributed by atoms with van der Waals surface area (Å²) in [5, 5.41) is 13.5. The predicted octanol–water partition coefficient (Wildman–Crippen LogP) is 2.90. The topological polar surface area (TPSA) is 55.1 Å². The van der Waals surface area contributed by atoms with E-state index in [0.29, 0.717) is 12.5 Å². The summed E-state index contributed by atoms with van der Waals surface area (Å²) in [5.74, 6) is -0.783. The van der Waals surface area contributed by atoms with Crippen molar-refractivity contribution in [2.24, 2.45) is 5.41 Å². The molecule has 0 saturated carbocycles. The SMILES string of the molecule is CCC(CC)n1ccc(CC(C)(C)C(=O)O)n1. The molecule has 4 heteroatoms. The normalized spacial score (nSPS) is 12.1. The van der Waals surface area contributed by atoms with Crippen molar-refractivity contribution < 1.29 is 9.90 Å². The monoisotopic (exact) mass is 238 g/mol. The molecule has 0 aromatic carbocycles. The maximum absolute atomic E-state index is 11.0. The Bertz CT molecular complexity index is 379. The van der Waals surface area contributed by atoms with Crippen LogP contribution in [0.4, 0.5) is 0 Å². The second kappa shape index (κ2) is 5.34. The molecule has 96 valence electrons. The molecule has 0 unspecified atom stereocenters. The van der Waals surface area contributed by atoms with Gasteiger partial charge >= 0.3 is 5.97 Å². The molecule has 1 heterocycles. The van der Waals surface area contributed by atoms with Crippen LogP contribution in [0.3, 0.4) is 0 Å². The van der Waals surface area contributed by atoms with Gasteiger partial charge in [0.15, 0.2) is 0 Å². The zero-order chi connectivity index (χ0) is 13.1. The molecule has 4 nitrogen and oxygen atoms in total. The lowest BCUT2D eigenvalue weighted by atomic mass is 9.88. The lowest BCUT2D eigenvalue weighted by Crippen LogP contribution is -2.26. The van der Waals surface area contributed by atoms with E-state index in [4.69, 9.17) is 5.11 Å². The van der Waals surface area contributed by atoms with E-state index < -0.39 is 11.4 Å². The molecule has 0 spiro atoms. The molecule has 1 aromatic heterocycles. The molecule has 0 saturated heterocycles. The highest BCUT2D eigenvalue weighted by molar-refractivity contribution is 5.73. The molecule has 1 aromatic rings.